The number of para-hydroxylation sites is 3. The summed E-state index contributed by atoms with van der Waals surface area (Å²) in [6, 6.07) is 18.2. The Morgan fingerprint density at radius 1 is 0.935 bits per heavy atom. The summed E-state index contributed by atoms with van der Waals surface area (Å²) in [5, 5.41) is 0.832. The molecular formula is C23H22N6OS. The van der Waals surface area contributed by atoms with Crippen LogP contribution in [0.15, 0.2) is 78.3 Å². The molecule has 1 saturated heterocycles. The predicted molar refractivity (Wildman–Crippen MR) is 123 cm³/mol. The van der Waals surface area contributed by atoms with Gasteiger partial charge in [-0.05, 0) is 24.3 Å². The van der Waals surface area contributed by atoms with Crippen molar-refractivity contribution in [3.05, 3.63) is 73.2 Å². The van der Waals surface area contributed by atoms with Gasteiger partial charge in [0, 0.05) is 44.3 Å². The van der Waals surface area contributed by atoms with Crippen LogP contribution in [0.3, 0.4) is 0 Å². The Kier molecular flexibility index (Phi) is 5.54. The van der Waals surface area contributed by atoms with E-state index in [1.165, 1.54) is 11.8 Å². The predicted octanol–water partition coefficient (Wildman–Crippen LogP) is 3.26. The number of hydrogen-bond donors (Lipinski definition) is 0. The van der Waals surface area contributed by atoms with Gasteiger partial charge in [-0.15, -0.1) is 0 Å². The van der Waals surface area contributed by atoms with Gasteiger partial charge in [-0.1, -0.05) is 42.1 Å². The molecule has 1 aliphatic rings. The van der Waals surface area contributed by atoms with E-state index in [4.69, 9.17) is 4.98 Å². The molecule has 0 bridgehead atoms. The molecule has 0 spiro atoms. The molecule has 156 valence electrons. The zero-order valence-corrected chi connectivity index (χ0v) is 17.8. The van der Waals surface area contributed by atoms with Gasteiger partial charge in [-0.25, -0.2) is 9.97 Å². The Morgan fingerprint density at radius 2 is 1.71 bits per heavy atom. The highest BCUT2D eigenvalue weighted by atomic mass is 32.2. The molecule has 7 nitrogen and oxygen atoms in total. The van der Waals surface area contributed by atoms with Crippen molar-refractivity contribution in [2.45, 2.75) is 5.16 Å². The maximum absolute atomic E-state index is 12.9. The first kappa shape index (κ1) is 19.6. The van der Waals surface area contributed by atoms with E-state index in [1.54, 1.807) is 18.6 Å². The molecule has 0 aliphatic carbocycles. The van der Waals surface area contributed by atoms with Crippen LogP contribution in [-0.4, -0.2) is 62.3 Å². The van der Waals surface area contributed by atoms with E-state index in [9.17, 15) is 4.79 Å². The molecule has 0 unspecified atom stereocenters. The van der Waals surface area contributed by atoms with Crippen molar-refractivity contribution in [3.63, 3.8) is 0 Å². The first-order valence-corrected chi connectivity index (χ1v) is 11.2. The normalized spacial score (nSPS) is 14.2. The fourth-order valence-electron chi connectivity index (χ4n) is 3.78. The van der Waals surface area contributed by atoms with E-state index in [0.29, 0.717) is 18.8 Å². The molecule has 2 aromatic heterocycles. The summed E-state index contributed by atoms with van der Waals surface area (Å²) < 4.78 is 2.12. The van der Waals surface area contributed by atoms with Crippen molar-refractivity contribution in [1.82, 2.24) is 24.4 Å². The second-order valence-electron chi connectivity index (χ2n) is 7.27. The Labute approximate surface area is 184 Å². The van der Waals surface area contributed by atoms with Gasteiger partial charge in [0.1, 0.15) is 5.82 Å². The number of thioether (sulfide) groups is 1. The minimum atomic E-state index is 0.135. The molecule has 4 aromatic rings. The molecule has 1 amide bonds. The van der Waals surface area contributed by atoms with Crippen molar-refractivity contribution in [2.75, 3.05) is 36.8 Å². The van der Waals surface area contributed by atoms with Crippen LogP contribution in [0.4, 0.5) is 5.82 Å². The number of fused-ring (bicyclic) bond motifs is 1. The molecule has 8 heteroatoms. The summed E-state index contributed by atoms with van der Waals surface area (Å²) in [5.74, 6) is 1.36. The number of benzene rings is 2. The molecule has 3 heterocycles. The molecule has 1 aliphatic heterocycles. The number of rotatable bonds is 5. The van der Waals surface area contributed by atoms with Crippen LogP contribution in [0.2, 0.25) is 0 Å². The number of imidazole rings is 1. The summed E-state index contributed by atoms with van der Waals surface area (Å²) in [5.41, 5.74) is 3.02. The van der Waals surface area contributed by atoms with E-state index in [-0.39, 0.29) is 5.91 Å². The van der Waals surface area contributed by atoms with Crippen LogP contribution >= 0.6 is 11.8 Å². The van der Waals surface area contributed by atoms with Crippen LogP contribution in [0.25, 0.3) is 16.7 Å². The number of aromatic nitrogens is 4. The first-order chi connectivity index (χ1) is 15.3. The number of hydrogen-bond acceptors (Lipinski definition) is 6. The molecule has 0 N–H and O–H groups in total. The SMILES string of the molecule is O=C(CSc1nc2ccccc2n1-c1ccccc1)N1CCN(c2cnccn2)CC1. The van der Waals surface area contributed by atoms with Gasteiger partial charge in [0.2, 0.25) is 5.91 Å². The molecule has 31 heavy (non-hydrogen) atoms. The second kappa shape index (κ2) is 8.77. The first-order valence-electron chi connectivity index (χ1n) is 10.2. The van der Waals surface area contributed by atoms with Gasteiger partial charge in [0.25, 0.3) is 0 Å². The summed E-state index contributed by atoms with van der Waals surface area (Å²) in [6.45, 7) is 2.89. The van der Waals surface area contributed by atoms with Gasteiger partial charge in [-0.3, -0.25) is 14.3 Å². The number of anilines is 1. The van der Waals surface area contributed by atoms with Crippen molar-refractivity contribution in [3.8, 4) is 5.69 Å². The third-order valence-corrected chi connectivity index (χ3v) is 6.30. The average Bonchev–Trinajstić information content (AvgIpc) is 3.22. The zero-order chi connectivity index (χ0) is 21.0. The topological polar surface area (TPSA) is 67.2 Å². The van der Waals surface area contributed by atoms with E-state index in [0.717, 1.165) is 40.8 Å². The smallest absolute Gasteiger partial charge is 0.233 e. The maximum Gasteiger partial charge on any atom is 0.233 e. The number of piperazine rings is 1. The molecule has 0 radical (unpaired) electrons. The van der Waals surface area contributed by atoms with Gasteiger partial charge in [-0.2, -0.15) is 0 Å². The van der Waals surface area contributed by atoms with Gasteiger partial charge >= 0.3 is 0 Å². The van der Waals surface area contributed by atoms with Gasteiger partial charge in [0.05, 0.1) is 23.0 Å². The molecule has 2 aromatic carbocycles. The quantitative estimate of drug-likeness (QED) is 0.453. The fraction of sp³-hybridized carbons (Fsp3) is 0.217. The van der Waals surface area contributed by atoms with Crippen LogP contribution in [-0.2, 0) is 4.79 Å². The minimum Gasteiger partial charge on any atom is -0.352 e. The number of carbonyl (C=O) groups excluding carboxylic acids is 1. The van der Waals surface area contributed by atoms with E-state index < -0.39 is 0 Å². The van der Waals surface area contributed by atoms with Crippen molar-refractivity contribution < 1.29 is 4.79 Å². The number of carbonyl (C=O) groups is 1. The van der Waals surface area contributed by atoms with Crippen LogP contribution in [0.5, 0.6) is 0 Å². The van der Waals surface area contributed by atoms with E-state index in [1.807, 2.05) is 41.3 Å². The van der Waals surface area contributed by atoms with Crippen LogP contribution < -0.4 is 4.90 Å². The molecule has 1 fully saturated rings. The third-order valence-electron chi connectivity index (χ3n) is 5.38. The van der Waals surface area contributed by atoms with Gasteiger partial charge in [0.15, 0.2) is 5.16 Å². The summed E-state index contributed by atoms with van der Waals surface area (Å²) in [7, 11) is 0. The monoisotopic (exact) mass is 430 g/mol. The fourth-order valence-corrected chi connectivity index (χ4v) is 4.72. The minimum absolute atomic E-state index is 0.135. The van der Waals surface area contributed by atoms with Crippen LogP contribution in [0, 0.1) is 0 Å². The van der Waals surface area contributed by atoms with Crippen molar-refractivity contribution in [2.24, 2.45) is 0 Å². The number of nitrogens with zero attached hydrogens (tertiary/aromatic N) is 6. The lowest BCUT2D eigenvalue weighted by molar-refractivity contribution is -0.128. The second-order valence-corrected chi connectivity index (χ2v) is 8.22. The maximum atomic E-state index is 12.9. The third kappa shape index (κ3) is 4.11. The molecular weight excluding hydrogens is 408 g/mol. The highest BCUT2D eigenvalue weighted by Crippen LogP contribution is 2.28. The lowest BCUT2D eigenvalue weighted by Gasteiger charge is -2.35. The lowest BCUT2D eigenvalue weighted by atomic mass is 10.3. The molecule has 5 rings (SSSR count). The average molecular weight is 431 g/mol. The van der Waals surface area contributed by atoms with E-state index >= 15 is 0 Å². The zero-order valence-electron chi connectivity index (χ0n) is 17.0. The van der Waals surface area contributed by atoms with Crippen molar-refractivity contribution in [1.29, 1.82) is 0 Å². The van der Waals surface area contributed by atoms with Gasteiger partial charge < -0.3 is 9.80 Å². The molecule has 0 atom stereocenters. The lowest BCUT2D eigenvalue weighted by Crippen LogP contribution is -2.49. The summed E-state index contributed by atoms with van der Waals surface area (Å²) in [6.07, 6.45) is 5.13. The summed E-state index contributed by atoms with van der Waals surface area (Å²) in [4.78, 5) is 30.3. The largest absolute Gasteiger partial charge is 0.352 e. The van der Waals surface area contributed by atoms with Crippen LogP contribution in [0.1, 0.15) is 0 Å². The van der Waals surface area contributed by atoms with E-state index in [2.05, 4.69) is 37.6 Å². The summed E-state index contributed by atoms with van der Waals surface area (Å²) >= 11 is 1.49. The van der Waals surface area contributed by atoms with Crippen molar-refractivity contribution >= 4 is 34.5 Å². The highest BCUT2D eigenvalue weighted by Gasteiger charge is 2.23. The highest BCUT2D eigenvalue weighted by molar-refractivity contribution is 7.99. The molecule has 0 saturated carbocycles. The Morgan fingerprint density at radius 3 is 2.48 bits per heavy atom. The number of amides is 1. The Balaban J connectivity index is 1.28. The standard InChI is InChI=1S/C23H22N6OS/c30-22(28-14-12-27(13-15-28)21-16-24-10-11-25-21)17-31-23-26-19-8-4-5-9-20(19)29(23)18-6-2-1-3-7-18/h1-11,16H,12-15,17H2. The Hall–Kier alpha value is -3.39. The Bertz CT molecular complexity index is 1170.